The van der Waals surface area contributed by atoms with E-state index in [2.05, 4.69) is 22.4 Å². The Hall–Kier alpha value is -3.13. The molecule has 0 aliphatic rings. The Balaban J connectivity index is 1.73. The molecular formula is C23H27N3O4S. The fourth-order valence-electron chi connectivity index (χ4n) is 2.98. The van der Waals surface area contributed by atoms with Gasteiger partial charge in [0.1, 0.15) is 11.6 Å². The van der Waals surface area contributed by atoms with E-state index < -0.39 is 0 Å². The number of aryl methyl sites for hydroxylation is 1. The lowest BCUT2D eigenvalue weighted by Crippen LogP contribution is -2.12. The van der Waals surface area contributed by atoms with E-state index in [9.17, 15) is 4.79 Å². The fourth-order valence-corrected chi connectivity index (χ4v) is 3.76. The molecule has 0 aliphatic heterocycles. The van der Waals surface area contributed by atoms with E-state index in [1.807, 2.05) is 30.3 Å². The monoisotopic (exact) mass is 441 g/mol. The number of amides is 1. The van der Waals surface area contributed by atoms with Crippen LogP contribution in [0.4, 0.5) is 5.13 Å². The van der Waals surface area contributed by atoms with Gasteiger partial charge in [0.05, 0.1) is 14.2 Å². The fraction of sp³-hybridized carbons (Fsp3) is 0.348. The number of carbonyl (C=O) groups is 1. The molecule has 8 heteroatoms. The summed E-state index contributed by atoms with van der Waals surface area (Å²) < 4.78 is 16.9. The van der Waals surface area contributed by atoms with Crippen molar-refractivity contribution in [2.45, 2.75) is 39.2 Å². The zero-order chi connectivity index (χ0) is 22.1. The van der Waals surface area contributed by atoms with Crippen molar-refractivity contribution in [2.75, 3.05) is 19.5 Å². The highest BCUT2D eigenvalue weighted by atomic mass is 32.1. The number of anilines is 1. The largest absolute Gasteiger partial charge is 0.493 e. The Kier molecular flexibility index (Phi) is 8.23. The molecule has 7 nitrogen and oxygen atoms in total. The van der Waals surface area contributed by atoms with Gasteiger partial charge in [-0.05, 0) is 24.1 Å². The van der Waals surface area contributed by atoms with Gasteiger partial charge in [0, 0.05) is 12.0 Å². The van der Waals surface area contributed by atoms with Crippen LogP contribution in [0.3, 0.4) is 0 Å². The maximum absolute atomic E-state index is 12.8. The molecule has 2 aromatic carbocycles. The minimum Gasteiger partial charge on any atom is -0.493 e. The molecule has 0 bridgehead atoms. The van der Waals surface area contributed by atoms with Crippen molar-refractivity contribution < 1.29 is 19.0 Å². The topological polar surface area (TPSA) is 82.6 Å². The zero-order valence-electron chi connectivity index (χ0n) is 18.0. The maximum Gasteiger partial charge on any atom is 0.257 e. The van der Waals surface area contributed by atoms with Crippen LogP contribution in [0.5, 0.6) is 17.2 Å². The van der Waals surface area contributed by atoms with Crippen LogP contribution in [0.15, 0.2) is 42.5 Å². The molecule has 1 heterocycles. The molecule has 1 N–H and O–H groups in total. The van der Waals surface area contributed by atoms with Crippen molar-refractivity contribution in [2.24, 2.45) is 0 Å². The number of carbonyl (C=O) groups excluding carboxylic acids is 1. The minimum atomic E-state index is -0.317. The quantitative estimate of drug-likeness (QED) is 0.416. The molecule has 1 amide bonds. The van der Waals surface area contributed by atoms with Crippen LogP contribution in [0.1, 0.15) is 47.1 Å². The van der Waals surface area contributed by atoms with Gasteiger partial charge in [-0.25, -0.2) is 0 Å². The first kappa shape index (κ1) is 22.6. The highest BCUT2D eigenvalue weighted by Gasteiger charge is 2.19. The summed E-state index contributed by atoms with van der Waals surface area (Å²) in [5.41, 5.74) is 1.39. The van der Waals surface area contributed by atoms with Crippen LogP contribution in [0.2, 0.25) is 0 Å². The molecule has 0 radical (unpaired) electrons. The number of rotatable bonds is 11. The van der Waals surface area contributed by atoms with E-state index in [1.165, 1.54) is 25.6 Å². The molecular weight excluding hydrogens is 414 g/mol. The van der Waals surface area contributed by atoms with Gasteiger partial charge >= 0.3 is 0 Å². The smallest absolute Gasteiger partial charge is 0.257 e. The third-order valence-electron chi connectivity index (χ3n) is 4.63. The number of ether oxygens (including phenoxy) is 3. The average Bonchev–Trinajstić information content (AvgIpc) is 3.24. The Morgan fingerprint density at radius 3 is 2.39 bits per heavy atom. The molecule has 1 aromatic heterocycles. The summed E-state index contributed by atoms with van der Waals surface area (Å²) >= 11 is 1.39. The lowest BCUT2D eigenvalue weighted by molar-refractivity contribution is 0.102. The van der Waals surface area contributed by atoms with Crippen molar-refractivity contribution in [3.63, 3.8) is 0 Å². The first-order valence-electron chi connectivity index (χ1n) is 10.2. The van der Waals surface area contributed by atoms with E-state index in [0.29, 0.717) is 34.6 Å². The van der Waals surface area contributed by atoms with E-state index in [0.717, 1.165) is 36.3 Å². The predicted octanol–water partition coefficient (Wildman–Crippen LogP) is 5.12. The van der Waals surface area contributed by atoms with Crippen molar-refractivity contribution in [3.05, 3.63) is 58.6 Å². The lowest BCUT2D eigenvalue weighted by atomic mass is 10.1. The van der Waals surface area contributed by atoms with Gasteiger partial charge in [-0.1, -0.05) is 61.4 Å². The van der Waals surface area contributed by atoms with Gasteiger partial charge in [0.15, 0.2) is 11.5 Å². The van der Waals surface area contributed by atoms with Crippen LogP contribution in [-0.2, 0) is 13.0 Å². The number of unbranched alkanes of at least 4 members (excludes halogenated alkanes) is 2. The van der Waals surface area contributed by atoms with Crippen LogP contribution >= 0.6 is 11.3 Å². The van der Waals surface area contributed by atoms with E-state index in [-0.39, 0.29) is 5.91 Å². The summed E-state index contributed by atoms with van der Waals surface area (Å²) in [6.07, 6.45) is 4.24. The van der Waals surface area contributed by atoms with Crippen molar-refractivity contribution in [3.8, 4) is 17.2 Å². The van der Waals surface area contributed by atoms with Gasteiger partial charge in [0.2, 0.25) is 10.9 Å². The number of hydrogen-bond donors (Lipinski definition) is 1. The highest BCUT2D eigenvalue weighted by Crippen LogP contribution is 2.39. The average molecular weight is 442 g/mol. The van der Waals surface area contributed by atoms with Crippen LogP contribution in [-0.4, -0.2) is 30.3 Å². The molecule has 0 saturated heterocycles. The second-order valence-corrected chi connectivity index (χ2v) is 7.96. The molecule has 31 heavy (non-hydrogen) atoms. The summed E-state index contributed by atoms with van der Waals surface area (Å²) in [4.78, 5) is 12.8. The third-order valence-corrected chi connectivity index (χ3v) is 5.53. The normalized spacial score (nSPS) is 10.5. The first-order valence-corrected chi connectivity index (χ1v) is 11.0. The predicted molar refractivity (Wildman–Crippen MR) is 121 cm³/mol. The Bertz CT molecular complexity index is 966. The molecule has 3 rings (SSSR count). The van der Waals surface area contributed by atoms with Gasteiger partial charge < -0.3 is 14.2 Å². The molecule has 0 aliphatic carbocycles. The zero-order valence-corrected chi connectivity index (χ0v) is 18.8. The van der Waals surface area contributed by atoms with Crippen molar-refractivity contribution in [1.82, 2.24) is 10.2 Å². The van der Waals surface area contributed by atoms with Crippen molar-refractivity contribution >= 4 is 22.4 Å². The minimum absolute atomic E-state index is 0.317. The number of methoxy groups -OCH3 is 2. The number of hydrogen-bond acceptors (Lipinski definition) is 7. The Morgan fingerprint density at radius 2 is 1.74 bits per heavy atom. The summed E-state index contributed by atoms with van der Waals surface area (Å²) in [6, 6.07) is 13.0. The lowest BCUT2D eigenvalue weighted by Gasteiger charge is -2.16. The maximum atomic E-state index is 12.8. The number of nitrogens with zero attached hydrogens (tertiary/aromatic N) is 2. The number of benzene rings is 2. The number of aromatic nitrogens is 2. The van der Waals surface area contributed by atoms with E-state index >= 15 is 0 Å². The Labute approximate surface area is 186 Å². The third kappa shape index (κ3) is 6.18. The second kappa shape index (κ2) is 11.3. The summed E-state index contributed by atoms with van der Waals surface area (Å²) in [5, 5.41) is 12.4. The second-order valence-electron chi connectivity index (χ2n) is 6.90. The van der Waals surface area contributed by atoms with Gasteiger partial charge in [-0.15, -0.1) is 10.2 Å². The van der Waals surface area contributed by atoms with Crippen molar-refractivity contribution in [1.29, 1.82) is 0 Å². The van der Waals surface area contributed by atoms with E-state index in [1.54, 1.807) is 12.1 Å². The summed E-state index contributed by atoms with van der Waals surface area (Å²) in [6.45, 7) is 2.51. The molecule has 0 spiro atoms. The molecule has 0 fully saturated rings. The van der Waals surface area contributed by atoms with Crippen LogP contribution in [0, 0.1) is 0 Å². The summed E-state index contributed by atoms with van der Waals surface area (Å²) in [5.74, 6) is 0.956. The van der Waals surface area contributed by atoms with Gasteiger partial charge in [0.25, 0.3) is 5.91 Å². The van der Waals surface area contributed by atoms with Crippen LogP contribution < -0.4 is 19.5 Å². The Morgan fingerprint density at radius 1 is 1.03 bits per heavy atom. The molecule has 0 atom stereocenters. The standard InChI is InChI=1S/C23H27N3O4S/c1-4-5-7-12-20-25-26-23(31-20)24-22(27)17-13-18(28-2)21(19(14-17)29-3)30-15-16-10-8-6-9-11-16/h6,8-11,13-14H,4-5,7,12,15H2,1-3H3,(H,24,26,27). The number of nitrogens with one attached hydrogen (secondary N) is 1. The molecule has 3 aromatic rings. The van der Waals surface area contributed by atoms with Crippen LogP contribution in [0.25, 0.3) is 0 Å². The first-order chi connectivity index (χ1) is 15.1. The molecule has 164 valence electrons. The highest BCUT2D eigenvalue weighted by molar-refractivity contribution is 7.15. The van der Waals surface area contributed by atoms with Gasteiger partial charge in [-0.3, -0.25) is 10.1 Å². The van der Waals surface area contributed by atoms with Gasteiger partial charge in [-0.2, -0.15) is 0 Å². The van der Waals surface area contributed by atoms with E-state index in [4.69, 9.17) is 14.2 Å². The molecule has 0 unspecified atom stereocenters. The molecule has 0 saturated carbocycles. The SMILES string of the molecule is CCCCCc1nnc(NC(=O)c2cc(OC)c(OCc3ccccc3)c(OC)c2)s1. The summed E-state index contributed by atoms with van der Waals surface area (Å²) in [7, 11) is 3.05.